The fourth-order valence-electron chi connectivity index (χ4n) is 4.57. The van der Waals surface area contributed by atoms with E-state index in [0.717, 1.165) is 44.3 Å². The molecule has 1 aliphatic heterocycles. The standard InChI is InChI=1S/C24H20N6O2/c1-29-12-14(10-27-29)15-8-16-18(9-20(15)32-3)26-11-19-21(16)22(24(31)30(19)2)17-5-4-13-6-7-25-23(13)28-17/h4-12,22H,1-3H3,(H,25,28). The zero-order valence-corrected chi connectivity index (χ0v) is 17.8. The first-order valence-electron chi connectivity index (χ1n) is 10.3. The Morgan fingerprint density at radius 2 is 2.00 bits per heavy atom. The molecule has 8 nitrogen and oxygen atoms in total. The molecule has 0 saturated heterocycles. The molecular formula is C24H20N6O2. The first kappa shape index (κ1) is 18.6. The molecule has 0 aliphatic carbocycles. The van der Waals surface area contributed by atoms with Gasteiger partial charge in [0.05, 0.1) is 36.4 Å². The lowest BCUT2D eigenvalue weighted by Gasteiger charge is -2.14. The number of hydrogen-bond donors (Lipinski definition) is 1. The third kappa shape index (κ3) is 2.56. The van der Waals surface area contributed by atoms with Gasteiger partial charge in [-0.3, -0.25) is 14.5 Å². The molecule has 0 fully saturated rings. The van der Waals surface area contributed by atoms with E-state index in [-0.39, 0.29) is 5.91 Å². The lowest BCUT2D eigenvalue weighted by atomic mass is 9.92. The average molecular weight is 424 g/mol. The summed E-state index contributed by atoms with van der Waals surface area (Å²) in [6.45, 7) is 0. The molecule has 0 saturated carbocycles. The number of benzene rings is 1. The van der Waals surface area contributed by atoms with Crippen molar-refractivity contribution in [1.82, 2.24) is 24.7 Å². The zero-order valence-electron chi connectivity index (χ0n) is 17.8. The van der Waals surface area contributed by atoms with E-state index in [9.17, 15) is 4.79 Å². The van der Waals surface area contributed by atoms with Crippen LogP contribution in [0.15, 0.2) is 55.1 Å². The molecule has 158 valence electrons. The van der Waals surface area contributed by atoms with E-state index < -0.39 is 5.92 Å². The molecule has 1 amide bonds. The molecule has 0 radical (unpaired) electrons. The van der Waals surface area contributed by atoms with Gasteiger partial charge in [0.2, 0.25) is 5.91 Å². The number of hydrogen-bond acceptors (Lipinski definition) is 5. The van der Waals surface area contributed by atoms with Crippen LogP contribution in [0.5, 0.6) is 5.75 Å². The van der Waals surface area contributed by atoms with Gasteiger partial charge in [-0.2, -0.15) is 5.10 Å². The Bertz CT molecular complexity index is 1530. The van der Waals surface area contributed by atoms with Gasteiger partial charge < -0.3 is 14.6 Å². The van der Waals surface area contributed by atoms with Crippen LogP contribution in [0.4, 0.5) is 5.69 Å². The van der Waals surface area contributed by atoms with E-state index >= 15 is 0 Å². The molecule has 6 rings (SSSR count). The van der Waals surface area contributed by atoms with Gasteiger partial charge in [0.1, 0.15) is 17.3 Å². The molecular weight excluding hydrogens is 404 g/mol. The molecule has 1 atom stereocenters. The van der Waals surface area contributed by atoms with E-state index in [4.69, 9.17) is 9.72 Å². The smallest absolute Gasteiger partial charge is 0.240 e. The van der Waals surface area contributed by atoms with Crippen molar-refractivity contribution in [2.45, 2.75) is 5.92 Å². The molecule has 1 aromatic carbocycles. The number of carbonyl (C=O) groups is 1. The molecule has 5 heterocycles. The number of H-pyrrole nitrogens is 1. The number of likely N-dealkylation sites (N-methyl/N-ethyl adjacent to an activating group) is 1. The van der Waals surface area contributed by atoms with Crippen LogP contribution in [0.25, 0.3) is 33.1 Å². The Labute approximate surface area is 183 Å². The van der Waals surface area contributed by atoms with E-state index in [1.54, 1.807) is 36.1 Å². The Kier molecular flexibility index (Phi) is 3.86. The van der Waals surface area contributed by atoms with Crippen LogP contribution >= 0.6 is 0 Å². The third-order valence-electron chi connectivity index (χ3n) is 6.18. The topological polar surface area (TPSA) is 88.9 Å². The quantitative estimate of drug-likeness (QED) is 0.478. The summed E-state index contributed by atoms with van der Waals surface area (Å²) in [5.41, 5.74) is 5.78. The summed E-state index contributed by atoms with van der Waals surface area (Å²) in [7, 11) is 5.31. The highest BCUT2D eigenvalue weighted by atomic mass is 16.5. The summed E-state index contributed by atoms with van der Waals surface area (Å²) in [5, 5.41) is 6.21. The highest BCUT2D eigenvalue weighted by Crippen LogP contribution is 2.45. The monoisotopic (exact) mass is 424 g/mol. The van der Waals surface area contributed by atoms with Gasteiger partial charge in [-0.15, -0.1) is 0 Å². The number of aromatic amines is 1. The molecule has 1 unspecified atom stereocenters. The summed E-state index contributed by atoms with van der Waals surface area (Å²) >= 11 is 0. The molecule has 4 aromatic heterocycles. The van der Waals surface area contributed by atoms with Crippen molar-refractivity contribution in [1.29, 1.82) is 0 Å². The van der Waals surface area contributed by atoms with Gasteiger partial charge in [0.15, 0.2) is 0 Å². The van der Waals surface area contributed by atoms with Gasteiger partial charge in [0.25, 0.3) is 0 Å². The lowest BCUT2D eigenvalue weighted by Crippen LogP contribution is -2.24. The lowest BCUT2D eigenvalue weighted by molar-refractivity contribution is -0.118. The summed E-state index contributed by atoms with van der Waals surface area (Å²) in [5.74, 6) is 0.174. The second kappa shape index (κ2) is 6.65. The fraction of sp³-hybridized carbons (Fsp3) is 0.167. The van der Waals surface area contributed by atoms with Crippen LogP contribution in [-0.2, 0) is 11.8 Å². The minimum atomic E-state index is -0.511. The van der Waals surface area contributed by atoms with Gasteiger partial charge >= 0.3 is 0 Å². The number of methoxy groups -OCH3 is 1. The third-order valence-corrected chi connectivity index (χ3v) is 6.18. The second-order valence-corrected chi connectivity index (χ2v) is 8.01. The minimum Gasteiger partial charge on any atom is -0.496 e. The summed E-state index contributed by atoms with van der Waals surface area (Å²) in [4.78, 5) is 27.6. The highest BCUT2D eigenvalue weighted by molar-refractivity contribution is 6.11. The zero-order chi connectivity index (χ0) is 22.0. The Morgan fingerprint density at radius 1 is 1.12 bits per heavy atom. The van der Waals surface area contributed by atoms with Gasteiger partial charge in [0, 0.05) is 60.0 Å². The largest absolute Gasteiger partial charge is 0.496 e. The number of ether oxygens (including phenoxy) is 1. The number of anilines is 1. The summed E-state index contributed by atoms with van der Waals surface area (Å²) in [6.07, 6.45) is 7.35. The Morgan fingerprint density at radius 3 is 2.78 bits per heavy atom. The number of nitrogens with zero attached hydrogens (tertiary/aromatic N) is 5. The summed E-state index contributed by atoms with van der Waals surface area (Å²) in [6, 6.07) is 9.85. The van der Waals surface area contributed by atoms with Gasteiger partial charge in [-0.05, 0) is 24.3 Å². The van der Waals surface area contributed by atoms with Crippen LogP contribution in [0.2, 0.25) is 0 Å². The van der Waals surface area contributed by atoms with Crippen LogP contribution in [0.1, 0.15) is 17.2 Å². The van der Waals surface area contributed by atoms with Crippen molar-refractivity contribution in [3.05, 3.63) is 66.4 Å². The predicted octanol–water partition coefficient (Wildman–Crippen LogP) is 3.63. The van der Waals surface area contributed by atoms with Crippen molar-refractivity contribution in [3.8, 4) is 16.9 Å². The first-order chi connectivity index (χ1) is 15.5. The number of pyridine rings is 2. The number of amides is 1. The molecule has 0 spiro atoms. The fourth-order valence-corrected chi connectivity index (χ4v) is 4.57. The molecule has 1 N–H and O–H groups in total. The van der Waals surface area contributed by atoms with Crippen LogP contribution in [0.3, 0.4) is 0 Å². The van der Waals surface area contributed by atoms with E-state index in [0.29, 0.717) is 11.4 Å². The number of nitrogens with one attached hydrogen (secondary N) is 1. The maximum absolute atomic E-state index is 13.4. The second-order valence-electron chi connectivity index (χ2n) is 8.01. The number of carbonyl (C=O) groups excluding carboxylic acids is 1. The van der Waals surface area contributed by atoms with Crippen LogP contribution in [0, 0.1) is 0 Å². The van der Waals surface area contributed by atoms with Gasteiger partial charge in [-0.25, -0.2) is 4.98 Å². The van der Waals surface area contributed by atoms with Crippen molar-refractivity contribution >= 4 is 33.5 Å². The molecule has 5 aromatic rings. The molecule has 0 bridgehead atoms. The maximum atomic E-state index is 13.4. The van der Waals surface area contributed by atoms with E-state index in [1.165, 1.54) is 0 Å². The van der Waals surface area contributed by atoms with Gasteiger partial charge in [-0.1, -0.05) is 0 Å². The Balaban J connectivity index is 1.63. The number of rotatable bonds is 3. The molecule has 8 heteroatoms. The molecule has 1 aliphatic rings. The predicted molar refractivity (Wildman–Crippen MR) is 122 cm³/mol. The van der Waals surface area contributed by atoms with Crippen molar-refractivity contribution in [2.75, 3.05) is 19.1 Å². The Hall–Kier alpha value is -4.20. The maximum Gasteiger partial charge on any atom is 0.240 e. The normalized spacial score (nSPS) is 15.7. The SMILES string of the molecule is COc1cc2ncc3c(c2cc1-c1cnn(C)c1)C(c1ccc2cc[nH]c2n1)C(=O)N3C. The minimum absolute atomic E-state index is 0.0218. The van der Waals surface area contributed by atoms with Crippen molar-refractivity contribution < 1.29 is 9.53 Å². The van der Waals surface area contributed by atoms with Crippen LogP contribution in [-0.4, -0.2) is 44.8 Å². The highest BCUT2D eigenvalue weighted by Gasteiger charge is 2.39. The number of fused-ring (bicyclic) bond motifs is 4. The van der Waals surface area contributed by atoms with E-state index in [2.05, 4.69) is 15.1 Å². The molecule has 32 heavy (non-hydrogen) atoms. The van der Waals surface area contributed by atoms with Crippen LogP contribution < -0.4 is 9.64 Å². The van der Waals surface area contributed by atoms with Crippen molar-refractivity contribution in [3.63, 3.8) is 0 Å². The number of aromatic nitrogens is 5. The first-order valence-corrected chi connectivity index (χ1v) is 10.3. The summed E-state index contributed by atoms with van der Waals surface area (Å²) < 4.78 is 7.41. The number of aryl methyl sites for hydroxylation is 1. The average Bonchev–Trinajstić information content (AvgIpc) is 3.51. The van der Waals surface area contributed by atoms with E-state index in [1.807, 2.05) is 49.8 Å². The van der Waals surface area contributed by atoms with Crippen molar-refractivity contribution in [2.24, 2.45) is 7.05 Å².